The topological polar surface area (TPSA) is 54.7 Å². The molecule has 68 valence electrons. The molecule has 1 unspecified atom stereocenters. The van der Waals surface area contributed by atoms with Crippen LogP contribution in [0.4, 0.5) is 0 Å². The van der Waals surface area contributed by atoms with Gasteiger partial charge in [0.05, 0.1) is 5.69 Å². The van der Waals surface area contributed by atoms with Crippen molar-refractivity contribution in [2.24, 2.45) is 5.73 Å². The second-order valence-electron chi connectivity index (χ2n) is 3.38. The van der Waals surface area contributed by atoms with Crippen molar-refractivity contribution in [2.75, 3.05) is 0 Å². The van der Waals surface area contributed by atoms with Crippen LogP contribution in [0.3, 0.4) is 0 Å². The molecule has 3 nitrogen and oxygen atoms in total. The van der Waals surface area contributed by atoms with Crippen molar-refractivity contribution in [3.63, 3.8) is 0 Å². The van der Waals surface area contributed by atoms with Gasteiger partial charge < -0.3 is 10.7 Å². The van der Waals surface area contributed by atoms with Crippen LogP contribution in [0.25, 0.3) is 10.9 Å². The maximum atomic E-state index is 5.73. The summed E-state index contributed by atoms with van der Waals surface area (Å²) in [6, 6.07) is 4.17. The highest BCUT2D eigenvalue weighted by Crippen LogP contribution is 2.15. The predicted molar refractivity (Wildman–Crippen MR) is 53.4 cm³/mol. The summed E-state index contributed by atoms with van der Waals surface area (Å²) < 4.78 is 0. The Hall–Kier alpha value is -1.35. The van der Waals surface area contributed by atoms with E-state index in [9.17, 15) is 0 Å². The SMILES string of the molecule is CC(N)Cc1nccc2[nH]ccc12. The molecule has 0 spiro atoms. The highest BCUT2D eigenvalue weighted by molar-refractivity contribution is 5.81. The number of aromatic nitrogens is 2. The maximum absolute atomic E-state index is 5.73. The second kappa shape index (κ2) is 3.18. The molecule has 0 aliphatic heterocycles. The molecule has 0 fully saturated rings. The van der Waals surface area contributed by atoms with Crippen LogP contribution in [0.5, 0.6) is 0 Å². The first-order chi connectivity index (χ1) is 6.27. The van der Waals surface area contributed by atoms with Crippen molar-refractivity contribution in [2.45, 2.75) is 19.4 Å². The van der Waals surface area contributed by atoms with Gasteiger partial charge in [-0.05, 0) is 19.1 Å². The van der Waals surface area contributed by atoms with E-state index < -0.39 is 0 Å². The molecule has 0 aliphatic rings. The van der Waals surface area contributed by atoms with Crippen molar-refractivity contribution in [1.29, 1.82) is 0 Å². The van der Waals surface area contributed by atoms with E-state index in [-0.39, 0.29) is 6.04 Å². The Balaban J connectivity index is 2.48. The number of hydrogen-bond donors (Lipinski definition) is 2. The third-order valence-electron chi connectivity index (χ3n) is 2.08. The fourth-order valence-electron chi connectivity index (χ4n) is 1.51. The van der Waals surface area contributed by atoms with E-state index in [4.69, 9.17) is 5.73 Å². The Bertz CT molecular complexity index is 403. The number of nitrogens with one attached hydrogen (secondary N) is 1. The van der Waals surface area contributed by atoms with Crippen LogP contribution in [0, 0.1) is 0 Å². The fourth-order valence-corrected chi connectivity index (χ4v) is 1.51. The monoisotopic (exact) mass is 175 g/mol. The van der Waals surface area contributed by atoms with Crippen LogP contribution in [0.1, 0.15) is 12.6 Å². The minimum atomic E-state index is 0.160. The molecule has 0 aliphatic carbocycles. The standard InChI is InChI=1S/C10H13N3/c1-7(11)6-10-8-2-4-12-9(8)3-5-13-10/h2-5,7,12H,6,11H2,1H3. The van der Waals surface area contributed by atoms with Crippen LogP contribution in [0.2, 0.25) is 0 Å². The Kier molecular flexibility index (Phi) is 2.02. The quantitative estimate of drug-likeness (QED) is 0.725. The van der Waals surface area contributed by atoms with Crippen LogP contribution in [0.15, 0.2) is 24.5 Å². The summed E-state index contributed by atoms with van der Waals surface area (Å²) in [4.78, 5) is 7.47. The average molecular weight is 175 g/mol. The molecule has 2 heterocycles. The summed E-state index contributed by atoms with van der Waals surface area (Å²) in [6.45, 7) is 1.99. The molecule has 2 rings (SSSR count). The van der Waals surface area contributed by atoms with E-state index in [0.717, 1.165) is 17.6 Å². The van der Waals surface area contributed by atoms with Gasteiger partial charge in [-0.25, -0.2) is 0 Å². The fraction of sp³-hybridized carbons (Fsp3) is 0.300. The zero-order valence-corrected chi connectivity index (χ0v) is 7.62. The van der Waals surface area contributed by atoms with Gasteiger partial charge in [-0.3, -0.25) is 4.98 Å². The van der Waals surface area contributed by atoms with E-state index in [1.165, 1.54) is 5.39 Å². The number of hydrogen-bond acceptors (Lipinski definition) is 2. The first kappa shape index (κ1) is 8.26. The zero-order chi connectivity index (χ0) is 9.26. The Morgan fingerprint density at radius 3 is 3.15 bits per heavy atom. The molecule has 2 aromatic rings. The number of rotatable bonds is 2. The zero-order valence-electron chi connectivity index (χ0n) is 7.62. The lowest BCUT2D eigenvalue weighted by molar-refractivity contribution is 0.727. The van der Waals surface area contributed by atoms with Gasteiger partial charge in [0.1, 0.15) is 0 Å². The van der Waals surface area contributed by atoms with Crippen molar-refractivity contribution in [3.05, 3.63) is 30.2 Å². The maximum Gasteiger partial charge on any atom is 0.0512 e. The lowest BCUT2D eigenvalue weighted by atomic mass is 10.1. The molecular weight excluding hydrogens is 162 g/mol. The van der Waals surface area contributed by atoms with Gasteiger partial charge in [0, 0.05) is 35.8 Å². The summed E-state index contributed by atoms with van der Waals surface area (Å²) in [5.74, 6) is 0. The summed E-state index contributed by atoms with van der Waals surface area (Å²) in [5.41, 5.74) is 7.94. The number of H-pyrrole nitrogens is 1. The molecule has 3 N–H and O–H groups in total. The molecule has 0 saturated heterocycles. The molecule has 0 aromatic carbocycles. The summed E-state index contributed by atoms with van der Waals surface area (Å²) in [5, 5.41) is 1.18. The number of nitrogens with two attached hydrogens (primary N) is 1. The van der Waals surface area contributed by atoms with Gasteiger partial charge in [-0.15, -0.1) is 0 Å². The van der Waals surface area contributed by atoms with Crippen molar-refractivity contribution in [3.8, 4) is 0 Å². The van der Waals surface area contributed by atoms with Crippen LogP contribution < -0.4 is 5.73 Å². The van der Waals surface area contributed by atoms with Gasteiger partial charge in [0.2, 0.25) is 0 Å². The van der Waals surface area contributed by atoms with E-state index in [1.54, 1.807) is 0 Å². The third kappa shape index (κ3) is 1.55. The van der Waals surface area contributed by atoms with Gasteiger partial charge >= 0.3 is 0 Å². The highest BCUT2D eigenvalue weighted by atomic mass is 14.7. The first-order valence-electron chi connectivity index (χ1n) is 4.44. The lowest BCUT2D eigenvalue weighted by Gasteiger charge is -2.04. The van der Waals surface area contributed by atoms with Crippen LogP contribution in [-0.2, 0) is 6.42 Å². The molecule has 0 amide bonds. The summed E-state index contributed by atoms with van der Waals surface area (Å²) in [7, 11) is 0. The summed E-state index contributed by atoms with van der Waals surface area (Å²) >= 11 is 0. The lowest BCUT2D eigenvalue weighted by Crippen LogP contribution is -2.18. The molecule has 2 aromatic heterocycles. The number of pyridine rings is 1. The highest BCUT2D eigenvalue weighted by Gasteiger charge is 2.04. The second-order valence-corrected chi connectivity index (χ2v) is 3.38. The van der Waals surface area contributed by atoms with Crippen molar-refractivity contribution in [1.82, 2.24) is 9.97 Å². The predicted octanol–water partition coefficient (Wildman–Crippen LogP) is 1.45. The first-order valence-corrected chi connectivity index (χ1v) is 4.44. The van der Waals surface area contributed by atoms with E-state index in [1.807, 2.05) is 31.5 Å². The third-order valence-corrected chi connectivity index (χ3v) is 2.08. The van der Waals surface area contributed by atoms with E-state index >= 15 is 0 Å². The number of nitrogens with zero attached hydrogens (tertiary/aromatic N) is 1. The molecule has 0 radical (unpaired) electrons. The smallest absolute Gasteiger partial charge is 0.0512 e. The summed E-state index contributed by atoms with van der Waals surface area (Å²) in [6.07, 6.45) is 4.57. The minimum Gasteiger partial charge on any atom is -0.361 e. The van der Waals surface area contributed by atoms with Crippen molar-refractivity contribution >= 4 is 10.9 Å². The number of aromatic amines is 1. The van der Waals surface area contributed by atoms with Gasteiger partial charge in [-0.2, -0.15) is 0 Å². The van der Waals surface area contributed by atoms with Crippen LogP contribution in [-0.4, -0.2) is 16.0 Å². The minimum absolute atomic E-state index is 0.160. The molecule has 1 atom stereocenters. The van der Waals surface area contributed by atoms with E-state index in [2.05, 4.69) is 9.97 Å². The van der Waals surface area contributed by atoms with Gasteiger partial charge in [0.15, 0.2) is 0 Å². The Morgan fingerprint density at radius 2 is 2.38 bits per heavy atom. The molecule has 13 heavy (non-hydrogen) atoms. The van der Waals surface area contributed by atoms with Gasteiger partial charge in [-0.1, -0.05) is 0 Å². The Labute approximate surface area is 77.0 Å². The largest absolute Gasteiger partial charge is 0.361 e. The molecule has 0 bridgehead atoms. The normalized spacial score (nSPS) is 13.4. The van der Waals surface area contributed by atoms with E-state index in [0.29, 0.717) is 0 Å². The van der Waals surface area contributed by atoms with Crippen LogP contribution >= 0.6 is 0 Å². The van der Waals surface area contributed by atoms with Crippen molar-refractivity contribution < 1.29 is 0 Å². The number of fused-ring (bicyclic) bond motifs is 1. The molecular formula is C10H13N3. The Morgan fingerprint density at radius 1 is 1.54 bits per heavy atom. The molecule has 0 saturated carbocycles. The molecule has 3 heteroatoms. The van der Waals surface area contributed by atoms with Gasteiger partial charge in [0.25, 0.3) is 0 Å². The average Bonchev–Trinajstić information content (AvgIpc) is 2.51.